The van der Waals surface area contributed by atoms with E-state index in [-0.39, 0.29) is 36.6 Å². The Morgan fingerprint density at radius 2 is 1.87 bits per heavy atom. The first kappa shape index (κ1) is 23.9. The van der Waals surface area contributed by atoms with Crippen molar-refractivity contribution in [3.8, 4) is 11.5 Å². The summed E-state index contributed by atoms with van der Waals surface area (Å²) < 4.78 is 11.4. The summed E-state index contributed by atoms with van der Waals surface area (Å²) >= 11 is 0. The topological polar surface area (TPSA) is 86.5 Å². The molecule has 1 aromatic heterocycles. The molecule has 0 saturated carbocycles. The van der Waals surface area contributed by atoms with Gasteiger partial charge in [0.05, 0.1) is 11.6 Å². The van der Waals surface area contributed by atoms with Crippen molar-refractivity contribution in [1.82, 2.24) is 4.98 Å². The third-order valence-corrected chi connectivity index (χ3v) is 5.01. The molecule has 0 spiro atoms. The summed E-state index contributed by atoms with van der Waals surface area (Å²) in [5.74, 6) is 1.32. The Bertz CT molecular complexity index is 975. The van der Waals surface area contributed by atoms with Crippen LogP contribution in [0.25, 0.3) is 10.9 Å². The fraction of sp³-hybridized carbons (Fsp3) is 0.273. The first-order valence-corrected chi connectivity index (χ1v) is 9.46. The third-order valence-electron chi connectivity index (χ3n) is 5.01. The van der Waals surface area contributed by atoms with Gasteiger partial charge in [-0.25, -0.2) is 0 Å². The maximum atomic E-state index is 12.5. The number of para-hydroxylation sites is 1. The van der Waals surface area contributed by atoms with Crippen LogP contribution < -0.4 is 15.8 Å². The number of anilines is 1. The predicted octanol–water partition coefficient (Wildman–Crippen LogP) is 4.56. The zero-order valence-corrected chi connectivity index (χ0v) is 18.0. The maximum absolute atomic E-state index is 12.5. The molecule has 1 fully saturated rings. The smallest absolute Gasteiger partial charge is 0.241 e. The van der Waals surface area contributed by atoms with Gasteiger partial charge in [0.25, 0.3) is 0 Å². The first-order chi connectivity index (χ1) is 13.7. The van der Waals surface area contributed by atoms with Gasteiger partial charge in [-0.2, -0.15) is 0 Å². The van der Waals surface area contributed by atoms with E-state index in [1.165, 1.54) is 0 Å². The minimum absolute atomic E-state index is 0. The number of halogens is 2. The molecule has 30 heavy (non-hydrogen) atoms. The Kier molecular flexibility index (Phi) is 8.87. The van der Waals surface area contributed by atoms with Crippen molar-refractivity contribution in [3.05, 3.63) is 60.8 Å². The Morgan fingerprint density at radius 1 is 1.10 bits per heavy atom. The molecule has 160 valence electrons. The standard InChI is InChI=1S/C22H23N3O3.2ClH/c23-21(15-9-12-27-13-10-15)22(26)25-16-4-3-5-17(14-16)28-20-8-11-24-19-7-2-1-6-18(19)20;;/h1-8,11,14-15,21H,9-10,12-13,23H2,(H,25,26);2*1H. The van der Waals surface area contributed by atoms with Crippen molar-refractivity contribution < 1.29 is 14.3 Å². The number of amides is 1. The Hall–Kier alpha value is -2.38. The zero-order chi connectivity index (χ0) is 19.3. The van der Waals surface area contributed by atoms with Crippen LogP contribution in [0.15, 0.2) is 60.8 Å². The average molecular weight is 450 g/mol. The van der Waals surface area contributed by atoms with Crippen molar-refractivity contribution in [2.45, 2.75) is 18.9 Å². The Balaban J connectivity index is 0.00000160. The van der Waals surface area contributed by atoms with Gasteiger partial charge in [0.15, 0.2) is 0 Å². The molecule has 2 aromatic carbocycles. The van der Waals surface area contributed by atoms with E-state index in [1.54, 1.807) is 12.3 Å². The molecule has 0 radical (unpaired) electrons. The molecule has 3 aromatic rings. The molecule has 8 heteroatoms. The summed E-state index contributed by atoms with van der Waals surface area (Å²) in [6, 6.07) is 16.4. The lowest BCUT2D eigenvalue weighted by Gasteiger charge is -2.26. The highest BCUT2D eigenvalue weighted by atomic mass is 35.5. The van der Waals surface area contributed by atoms with Gasteiger partial charge in [0.1, 0.15) is 11.5 Å². The van der Waals surface area contributed by atoms with E-state index in [2.05, 4.69) is 10.3 Å². The highest BCUT2D eigenvalue weighted by Crippen LogP contribution is 2.30. The van der Waals surface area contributed by atoms with Crippen LogP contribution in [-0.4, -0.2) is 30.1 Å². The van der Waals surface area contributed by atoms with Gasteiger partial charge < -0.3 is 20.5 Å². The van der Waals surface area contributed by atoms with Crippen molar-refractivity contribution in [1.29, 1.82) is 0 Å². The van der Waals surface area contributed by atoms with Gasteiger partial charge in [-0.3, -0.25) is 9.78 Å². The number of carbonyl (C=O) groups is 1. The monoisotopic (exact) mass is 449 g/mol. The molecule has 0 aliphatic carbocycles. The van der Waals surface area contributed by atoms with Gasteiger partial charge >= 0.3 is 0 Å². The molecule has 1 saturated heterocycles. The number of nitrogens with zero attached hydrogens (tertiary/aromatic N) is 1. The van der Waals surface area contributed by atoms with Crippen molar-refractivity contribution in [2.24, 2.45) is 11.7 Å². The van der Waals surface area contributed by atoms with E-state index in [4.69, 9.17) is 15.2 Å². The largest absolute Gasteiger partial charge is 0.457 e. The number of pyridine rings is 1. The normalized spacial score (nSPS) is 14.8. The SMILES string of the molecule is Cl.Cl.NC(C(=O)Nc1cccc(Oc2ccnc3ccccc23)c1)C1CCOCC1. The summed E-state index contributed by atoms with van der Waals surface area (Å²) in [7, 11) is 0. The van der Waals surface area contributed by atoms with Crippen LogP contribution in [0, 0.1) is 5.92 Å². The lowest BCUT2D eigenvalue weighted by Crippen LogP contribution is -2.43. The summed E-state index contributed by atoms with van der Waals surface area (Å²) in [6.45, 7) is 1.32. The predicted molar refractivity (Wildman–Crippen MR) is 123 cm³/mol. The molecule has 1 unspecified atom stereocenters. The number of aromatic nitrogens is 1. The summed E-state index contributed by atoms with van der Waals surface area (Å²) in [4.78, 5) is 16.9. The first-order valence-electron chi connectivity index (χ1n) is 9.46. The van der Waals surface area contributed by atoms with E-state index >= 15 is 0 Å². The second kappa shape index (κ2) is 11.1. The average Bonchev–Trinajstić information content (AvgIpc) is 2.74. The van der Waals surface area contributed by atoms with Crippen LogP contribution in [0.2, 0.25) is 0 Å². The van der Waals surface area contributed by atoms with E-state index in [9.17, 15) is 4.79 Å². The fourth-order valence-corrected chi connectivity index (χ4v) is 3.44. The van der Waals surface area contributed by atoms with Crippen molar-refractivity contribution >= 4 is 47.3 Å². The highest BCUT2D eigenvalue weighted by Gasteiger charge is 2.26. The summed E-state index contributed by atoms with van der Waals surface area (Å²) in [5, 5.41) is 3.84. The number of nitrogens with two attached hydrogens (primary N) is 1. The van der Waals surface area contributed by atoms with Crippen LogP contribution in [0.4, 0.5) is 5.69 Å². The summed E-state index contributed by atoms with van der Waals surface area (Å²) in [5.41, 5.74) is 7.68. The van der Waals surface area contributed by atoms with E-state index in [0.717, 1.165) is 23.7 Å². The van der Waals surface area contributed by atoms with Gasteiger partial charge in [-0.05, 0) is 49.1 Å². The number of hydrogen-bond acceptors (Lipinski definition) is 5. The molecular weight excluding hydrogens is 425 g/mol. The molecule has 2 heterocycles. The van der Waals surface area contributed by atoms with Gasteiger partial charge in [-0.1, -0.05) is 18.2 Å². The number of nitrogens with one attached hydrogen (secondary N) is 1. The molecule has 1 amide bonds. The molecule has 1 aliphatic rings. The Labute approximate surface area is 188 Å². The van der Waals surface area contributed by atoms with Crippen molar-refractivity contribution in [2.75, 3.05) is 18.5 Å². The number of hydrogen-bond donors (Lipinski definition) is 2. The van der Waals surface area contributed by atoms with E-state index in [1.807, 2.05) is 48.5 Å². The van der Waals surface area contributed by atoms with Crippen LogP contribution in [0.1, 0.15) is 12.8 Å². The molecule has 4 rings (SSSR count). The minimum atomic E-state index is -0.544. The van der Waals surface area contributed by atoms with Crippen molar-refractivity contribution in [3.63, 3.8) is 0 Å². The highest BCUT2D eigenvalue weighted by molar-refractivity contribution is 5.95. The zero-order valence-electron chi connectivity index (χ0n) is 16.3. The molecule has 1 aliphatic heterocycles. The van der Waals surface area contributed by atoms with Crippen LogP contribution in [-0.2, 0) is 9.53 Å². The second-order valence-electron chi connectivity index (χ2n) is 6.92. The van der Waals surface area contributed by atoms with E-state index in [0.29, 0.717) is 30.4 Å². The number of rotatable bonds is 5. The lowest BCUT2D eigenvalue weighted by molar-refractivity contribution is -0.119. The van der Waals surface area contributed by atoms with Gasteiger partial charge in [0, 0.05) is 36.6 Å². The lowest BCUT2D eigenvalue weighted by atomic mass is 9.92. The van der Waals surface area contributed by atoms with Crippen LogP contribution in [0.3, 0.4) is 0 Å². The van der Waals surface area contributed by atoms with Gasteiger partial charge in [0.2, 0.25) is 5.91 Å². The van der Waals surface area contributed by atoms with Crippen LogP contribution in [0.5, 0.6) is 11.5 Å². The Morgan fingerprint density at radius 3 is 2.67 bits per heavy atom. The fourth-order valence-electron chi connectivity index (χ4n) is 3.44. The van der Waals surface area contributed by atoms with E-state index < -0.39 is 6.04 Å². The number of benzene rings is 2. The number of ether oxygens (including phenoxy) is 2. The molecule has 0 bridgehead atoms. The molecule has 1 atom stereocenters. The summed E-state index contributed by atoms with van der Waals surface area (Å²) in [6.07, 6.45) is 3.34. The number of carbonyl (C=O) groups excluding carboxylic acids is 1. The minimum Gasteiger partial charge on any atom is -0.457 e. The van der Waals surface area contributed by atoms with Gasteiger partial charge in [-0.15, -0.1) is 24.8 Å². The number of fused-ring (bicyclic) bond motifs is 1. The quantitative estimate of drug-likeness (QED) is 0.595. The molecule has 6 nitrogen and oxygen atoms in total. The third kappa shape index (κ3) is 5.61. The second-order valence-corrected chi connectivity index (χ2v) is 6.92. The van der Waals surface area contributed by atoms with Crippen LogP contribution >= 0.6 is 24.8 Å². The molecular formula is C22H25Cl2N3O3. The maximum Gasteiger partial charge on any atom is 0.241 e. The molecule has 3 N–H and O–H groups in total.